The van der Waals surface area contributed by atoms with Crippen LogP contribution in [-0.2, 0) is 4.74 Å². The molecule has 3 nitrogen and oxygen atoms in total. The summed E-state index contributed by atoms with van der Waals surface area (Å²) < 4.78 is 5.68. The van der Waals surface area contributed by atoms with Crippen molar-refractivity contribution in [3.8, 4) is 0 Å². The van der Waals surface area contributed by atoms with Crippen LogP contribution in [0.4, 0.5) is 0 Å². The third-order valence-electron chi connectivity index (χ3n) is 4.73. The van der Waals surface area contributed by atoms with Gasteiger partial charge < -0.3 is 10.5 Å². The second kappa shape index (κ2) is 5.10. The third kappa shape index (κ3) is 2.89. The molecule has 1 saturated heterocycles. The zero-order valence-electron chi connectivity index (χ0n) is 12.5. The number of ether oxygens (including phenoxy) is 1. The van der Waals surface area contributed by atoms with Gasteiger partial charge in [-0.2, -0.15) is 0 Å². The van der Waals surface area contributed by atoms with E-state index >= 15 is 0 Å². The van der Waals surface area contributed by atoms with Crippen molar-refractivity contribution in [2.75, 3.05) is 26.2 Å². The van der Waals surface area contributed by atoms with E-state index in [0.717, 1.165) is 32.2 Å². The molecule has 0 aromatic heterocycles. The quantitative estimate of drug-likeness (QED) is 0.821. The predicted molar refractivity (Wildman–Crippen MR) is 75.6 cm³/mol. The number of hydrogen-bond donors (Lipinski definition) is 1. The highest BCUT2D eigenvalue weighted by atomic mass is 16.5. The van der Waals surface area contributed by atoms with Gasteiger partial charge in [0.25, 0.3) is 0 Å². The van der Waals surface area contributed by atoms with Crippen molar-refractivity contribution in [3.05, 3.63) is 0 Å². The van der Waals surface area contributed by atoms with Crippen molar-refractivity contribution < 1.29 is 4.74 Å². The lowest BCUT2D eigenvalue weighted by Gasteiger charge is -2.54. The van der Waals surface area contributed by atoms with E-state index in [1.54, 1.807) is 0 Å². The maximum Gasteiger partial charge on any atom is 0.0674 e. The lowest BCUT2D eigenvalue weighted by molar-refractivity contribution is -0.0912. The lowest BCUT2D eigenvalue weighted by atomic mass is 9.63. The van der Waals surface area contributed by atoms with Crippen LogP contribution >= 0.6 is 0 Å². The Morgan fingerprint density at radius 3 is 2.56 bits per heavy atom. The fourth-order valence-corrected chi connectivity index (χ4v) is 4.47. The molecule has 3 unspecified atom stereocenters. The lowest BCUT2D eigenvalue weighted by Crippen LogP contribution is -2.62. The van der Waals surface area contributed by atoms with Crippen molar-refractivity contribution in [3.63, 3.8) is 0 Å². The van der Waals surface area contributed by atoms with Crippen molar-refractivity contribution in [2.24, 2.45) is 17.1 Å². The van der Waals surface area contributed by atoms with E-state index in [2.05, 4.69) is 32.6 Å². The number of morpholine rings is 1. The Balaban J connectivity index is 2.18. The molecule has 18 heavy (non-hydrogen) atoms. The van der Waals surface area contributed by atoms with E-state index in [4.69, 9.17) is 10.5 Å². The first kappa shape index (κ1) is 14.3. The molecule has 0 aromatic carbocycles. The summed E-state index contributed by atoms with van der Waals surface area (Å²) in [4.78, 5) is 2.62. The van der Waals surface area contributed by atoms with E-state index < -0.39 is 0 Å². The van der Waals surface area contributed by atoms with Gasteiger partial charge in [0, 0.05) is 25.2 Å². The standard InChI is InChI=1S/C15H30N2O/c1-12-7-14(3,4)10-15(8-12,11-16)17-5-6-18-13(2)9-17/h12-13H,5-11,16H2,1-4H3. The van der Waals surface area contributed by atoms with Crippen molar-refractivity contribution >= 4 is 0 Å². The molecule has 0 radical (unpaired) electrons. The fraction of sp³-hybridized carbons (Fsp3) is 1.00. The minimum atomic E-state index is 0.208. The van der Waals surface area contributed by atoms with Gasteiger partial charge in [0.2, 0.25) is 0 Å². The largest absolute Gasteiger partial charge is 0.376 e. The summed E-state index contributed by atoms with van der Waals surface area (Å²) in [7, 11) is 0. The smallest absolute Gasteiger partial charge is 0.0674 e. The summed E-state index contributed by atoms with van der Waals surface area (Å²) in [5, 5.41) is 0. The molecule has 1 saturated carbocycles. The Morgan fingerprint density at radius 1 is 1.28 bits per heavy atom. The van der Waals surface area contributed by atoms with Crippen LogP contribution < -0.4 is 5.73 Å². The van der Waals surface area contributed by atoms with Crippen molar-refractivity contribution in [1.82, 2.24) is 4.90 Å². The average molecular weight is 254 g/mol. The Hall–Kier alpha value is -0.120. The van der Waals surface area contributed by atoms with Crippen LogP contribution in [0.2, 0.25) is 0 Å². The first-order chi connectivity index (χ1) is 8.37. The Bertz CT molecular complexity index is 292. The molecular weight excluding hydrogens is 224 g/mol. The van der Waals surface area contributed by atoms with E-state index in [9.17, 15) is 0 Å². The average Bonchev–Trinajstić information content (AvgIpc) is 2.26. The number of nitrogens with two attached hydrogens (primary N) is 1. The van der Waals surface area contributed by atoms with Crippen LogP contribution in [0.25, 0.3) is 0 Å². The van der Waals surface area contributed by atoms with E-state index in [-0.39, 0.29) is 5.54 Å². The molecule has 1 aliphatic carbocycles. The summed E-state index contributed by atoms with van der Waals surface area (Å²) in [6.07, 6.45) is 4.16. The van der Waals surface area contributed by atoms with Crippen LogP contribution in [0.5, 0.6) is 0 Å². The van der Waals surface area contributed by atoms with Gasteiger partial charge in [-0.3, -0.25) is 4.90 Å². The maximum absolute atomic E-state index is 6.22. The minimum Gasteiger partial charge on any atom is -0.376 e. The Morgan fingerprint density at radius 2 is 2.00 bits per heavy atom. The normalized spacial score (nSPS) is 41.8. The molecule has 3 heteroatoms. The Kier molecular flexibility index (Phi) is 4.05. The zero-order chi connectivity index (χ0) is 13.4. The summed E-state index contributed by atoms with van der Waals surface area (Å²) in [6.45, 7) is 13.1. The molecule has 2 aliphatic rings. The van der Waals surface area contributed by atoms with E-state index in [0.29, 0.717) is 11.5 Å². The third-order valence-corrected chi connectivity index (χ3v) is 4.73. The second-order valence-corrected chi connectivity index (χ2v) is 7.41. The van der Waals surface area contributed by atoms with E-state index in [1.165, 1.54) is 19.3 Å². The SMILES string of the molecule is CC1CC(C)(C)CC(CN)(N2CCOC(C)C2)C1. The molecule has 0 spiro atoms. The molecule has 0 aromatic rings. The molecule has 0 bridgehead atoms. The van der Waals surface area contributed by atoms with Crippen molar-refractivity contribution in [2.45, 2.75) is 58.6 Å². The van der Waals surface area contributed by atoms with Gasteiger partial charge >= 0.3 is 0 Å². The number of nitrogens with zero attached hydrogens (tertiary/aromatic N) is 1. The van der Waals surface area contributed by atoms with Crippen LogP contribution in [0.1, 0.15) is 47.0 Å². The molecule has 2 fully saturated rings. The summed E-state index contributed by atoms with van der Waals surface area (Å²) in [6, 6.07) is 0. The second-order valence-electron chi connectivity index (χ2n) is 7.41. The van der Waals surface area contributed by atoms with Gasteiger partial charge in [0.05, 0.1) is 12.7 Å². The number of hydrogen-bond acceptors (Lipinski definition) is 3. The van der Waals surface area contributed by atoms with Gasteiger partial charge in [0.15, 0.2) is 0 Å². The first-order valence-corrected chi connectivity index (χ1v) is 7.44. The molecule has 2 rings (SSSR count). The number of rotatable bonds is 2. The van der Waals surface area contributed by atoms with Gasteiger partial charge in [-0.15, -0.1) is 0 Å². The van der Waals surface area contributed by atoms with Crippen LogP contribution in [0, 0.1) is 11.3 Å². The maximum atomic E-state index is 6.22. The Labute approximate surface area is 112 Å². The predicted octanol–water partition coefficient (Wildman–Crippen LogP) is 2.25. The molecule has 0 amide bonds. The molecule has 3 atom stereocenters. The topological polar surface area (TPSA) is 38.5 Å². The summed E-state index contributed by atoms with van der Waals surface area (Å²) in [5.41, 5.74) is 6.84. The molecule has 1 aliphatic heterocycles. The monoisotopic (exact) mass is 254 g/mol. The molecule has 2 N–H and O–H groups in total. The first-order valence-electron chi connectivity index (χ1n) is 7.44. The van der Waals surface area contributed by atoms with Crippen LogP contribution in [0.3, 0.4) is 0 Å². The minimum absolute atomic E-state index is 0.208. The highest BCUT2D eigenvalue weighted by Gasteiger charge is 2.46. The molecule has 1 heterocycles. The van der Waals surface area contributed by atoms with Crippen LogP contribution in [0.15, 0.2) is 0 Å². The van der Waals surface area contributed by atoms with Crippen LogP contribution in [-0.4, -0.2) is 42.8 Å². The van der Waals surface area contributed by atoms with Crippen molar-refractivity contribution in [1.29, 1.82) is 0 Å². The van der Waals surface area contributed by atoms with Gasteiger partial charge in [0.1, 0.15) is 0 Å². The molecular formula is C15H30N2O. The van der Waals surface area contributed by atoms with Gasteiger partial charge in [-0.1, -0.05) is 20.8 Å². The molecule has 106 valence electrons. The highest BCUT2D eigenvalue weighted by Crippen LogP contribution is 2.46. The van der Waals surface area contributed by atoms with Gasteiger partial charge in [-0.05, 0) is 37.5 Å². The fourth-order valence-electron chi connectivity index (χ4n) is 4.47. The van der Waals surface area contributed by atoms with Gasteiger partial charge in [-0.25, -0.2) is 0 Å². The highest BCUT2D eigenvalue weighted by molar-refractivity contribution is 5.02. The summed E-state index contributed by atoms with van der Waals surface area (Å²) >= 11 is 0. The zero-order valence-corrected chi connectivity index (χ0v) is 12.5. The van der Waals surface area contributed by atoms with E-state index in [1.807, 2.05) is 0 Å². The summed E-state index contributed by atoms with van der Waals surface area (Å²) in [5.74, 6) is 0.774.